The highest BCUT2D eigenvalue weighted by Crippen LogP contribution is 2.40. The van der Waals surface area contributed by atoms with Gasteiger partial charge in [0.05, 0.1) is 50.7 Å². The molecule has 0 unspecified atom stereocenters. The molecule has 14 nitrogen and oxygen atoms in total. The Labute approximate surface area is 354 Å². The number of aromatic nitrogens is 5. The van der Waals surface area contributed by atoms with E-state index in [0.29, 0.717) is 113 Å². The number of anilines is 5. The Morgan fingerprint density at radius 2 is 1.44 bits per heavy atom. The number of carbonyl (C=O) groups is 1. The molecule has 0 radical (unpaired) electrons. The number of nitrogens with zero attached hydrogens (tertiary/aromatic N) is 10. The molecule has 0 spiro atoms. The van der Waals surface area contributed by atoms with Crippen molar-refractivity contribution in [3.05, 3.63) is 132 Å². The van der Waals surface area contributed by atoms with Crippen LogP contribution in [-0.2, 0) is 24.2 Å². The van der Waals surface area contributed by atoms with Crippen LogP contribution in [-0.4, -0.2) is 109 Å². The molecule has 15 heteroatoms. The minimum absolute atomic E-state index is 0.188. The van der Waals surface area contributed by atoms with E-state index in [1.165, 1.54) is 6.07 Å². The number of hydrogen-bond donors (Lipinski definition) is 0. The van der Waals surface area contributed by atoms with Gasteiger partial charge in [-0.15, -0.1) is 0 Å². The van der Waals surface area contributed by atoms with E-state index >= 15 is 4.39 Å². The summed E-state index contributed by atoms with van der Waals surface area (Å²) in [6, 6.07) is 24.6. The van der Waals surface area contributed by atoms with E-state index in [2.05, 4.69) is 19.7 Å². The highest BCUT2D eigenvalue weighted by Gasteiger charge is 2.32. The van der Waals surface area contributed by atoms with Crippen LogP contribution in [0.5, 0.6) is 11.5 Å². The number of piperazine rings is 1. The van der Waals surface area contributed by atoms with E-state index < -0.39 is 5.82 Å². The van der Waals surface area contributed by atoms with Gasteiger partial charge >= 0.3 is 0 Å². The number of benzene rings is 3. The summed E-state index contributed by atoms with van der Waals surface area (Å²) in [5.41, 5.74) is 6.18. The van der Waals surface area contributed by atoms with Gasteiger partial charge in [0.2, 0.25) is 11.9 Å². The third-order valence-corrected chi connectivity index (χ3v) is 11.4. The lowest BCUT2D eigenvalue weighted by Crippen LogP contribution is -2.48. The average Bonchev–Trinajstić information content (AvgIpc) is 3.75. The van der Waals surface area contributed by atoms with Gasteiger partial charge in [-0.1, -0.05) is 24.3 Å². The third kappa shape index (κ3) is 8.59. The molecule has 2 fully saturated rings. The van der Waals surface area contributed by atoms with Gasteiger partial charge in [-0.2, -0.15) is 4.98 Å². The second-order valence-corrected chi connectivity index (χ2v) is 15.2. The van der Waals surface area contributed by atoms with Crippen molar-refractivity contribution in [3.63, 3.8) is 0 Å². The van der Waals surface area contributed by atoms with Gasteiger partial charge < -0.3 is 38.7 Å². The number of rotatable bonds is 12. The van der Waals surface area contributed by atoms with Crippen LogP contribution in [0.4, 0.5) is 33.5 Å². The summed E-state index contributed by atoms with van der Waals surface area (Å²) < 4.78 is 32.7. The van der Waals surface area contributed by atoms with Gasteiger partial charge in [0.15, 0.2) is 0 Å². The largest absolute Gasteiger partial charge is 0.497 e. The van der Waals surface area contributed by atoms with E-state index in [1.807, 2.05) is 84.2 Å². The first kappa shape index (κ1) is 39.6. The highest BCUT2D eigenvalue weighted by molar-refractivity contribution is 5.95. The molecule has 6 aromatic rings. The zero-order valence-electron chi connectivity index (χ0n) is 34.3. The average molecular weight is 823 g/mol. The fraction of sp³-hybridized carbons (Fsp3) is 0.304. The van der Waals surface area contributed by atoms with Crippen LogP contribution in [0.25, 0.3) is 11.3 Å². The lowest BCUT2D eigenvalue weighted by atomic mass is 10.1. The second kappa shape index (κ2) is 17.8. The van der Waals surface area contributed by atoms with Gasteiger partial charge in [0, 0.05) is 94.2 Å². The van der Waals surface area contributed by atoms with E-state index in [0.717, 1.165) is 39.4 Å². The van der Waals surface area contributed by atoms with Crippen molar-refractivity contribution in [2.75, 3.05) is 92.8 Å². The van der Waals surface area contributed by atoms with Crippen molar-refractivity contribution in [3.8, 4) is 22.8 Å². The normalized spacial score (nSPS) is 15.1. The Morgan fingerprint density at radius 1 is 0.770 bits per heavy atom. The highest BCUT2D eigenvalue weighted by atomic mass is 19.1. The summed E-state index contributed by atoms with van der Waals surface area (Å²) in [7, 11) is 3.31. The Hall–Kier alpha value is -6.87. The van der Waals surface area contributed by atoms with Gasteiger partial charge in [-0.25, -0.2) is 19.3 Å². The molecule has 3 aliphatic heterocycles. The maximum absolute atomic E-state index is 16.3. The van der Waals surface area contributed by atoms with Crippen LogP contribution in [0.15, 0.2) is 104 Å². The second-order valence-electron chi connectivity index (χ2n) is 15.2. The van der Waals surface area contributed by atoms with E-state index in [4.69, 9.17) is 34.1 Å². The summed E-state index contributed by atoms with van der Waals surface area (Å²) in [5, 5.41) is 0. The number of fused-ring (bicyclic) bond motifs is 1. The molecule has 3 aliphatic rings. The molecule has 0 aliphatic carbocycles. The maximum atomic E-state index is 16.3. The first-order valence-electron chi connectivity index (χ1n) is 20.5. The SMILES string of the molecule is COc1ccc(CN(Cc2ccc(OC)cc2)c2ncc(-c3nc(N4CCOCC4)nc4c3CCN4c3ccc(C(=O)N4CCN(c5cccnc5)CC4)cc3F)cn2)cc1. The maximum Gasteiger partial charge on any atom is 0.254 e. The van der Waals surface area contributed by atoms with Crippen molar-refractivity contribution in [1.29, 1.82) is 0 Å². The molecule has 9 rings (SSSR count). The third-order valence-electron chi connectivity index (χ3n) is 11.4. The van der Waals surface area contributed by atoms with Crippen molar-refractivity contribution < 1.29 is 23.4 Å². The predicted octanol–water partition coefficient (Wildman–Crippen LogP) is 6.18. The molecule has 312 valence electrons. The summed E-state index contributed by atoms with van der Waals surface area (Å²) >= 11 is 0. The Morgan fingerprint density at radius 3 is 2.05 bits per heavy atom. The molecule has 61 heavy (non-hydrogen) atoms. The molecule has 6 heterocycles. The zero-order chi connectivity index (χ0) is 41.7. The van der Waals surface area contributed by atoms with E-state index in [1.54, 1.807) is 37.4 Å². The molecule has 1 amide bonds. The summed E-state index contributed by atoms with van der Waals surface area (Å²) in [4.78, 5) is 47.9. The lowest BCUT2D eigenvalue weighted by Gasteiger charge is -2.36. The molecular weight excluding hydrogens is 776 g/mol. The number of methoxy groups -OCH3 is 2. The monoisotopic (exact) mass is 822 g/mol. The van der Waals surface area contributed by atoms with Crippen molar-refractivity contribution in [2.45, 2.75) is 19.5 Å². The molecule has 0 bridgehead atoms. The van der Waals surface area contributed by atoms with Crippen LogP contribution in [0.2, 0.25) is 0 Å². The summed E-state index contributed by atoms with van der Waals surface area (Å²) in [6.45, 7) is 6.40. The number of morpholine rings is 1. The first-order valence-corrected chi connectivity index (χ1v) is 20.5. The van der Waals surface area contributed by atoms with E-state index in [-0.39, 0.29) is 5.91 Å². The molecular formula is C46H47FN10O4. The molecule has 3 aromatic heterocycles. The van der Waals surface area contributed by atoms with E-state index in [9.17, 15) is 4.79 Å². The Bertz CT molecular complexity index is 2400. The van der Waals surface area contributed by atoms with Crippen LogP contribution in [0, 0.1) is 5.82 Å². The van der Waals surface area contributed by atoms with Gasteiger partial charge in [0.25, 0.3) is 5.91 Å². The first-order chi connectivity index (χ1) is 29.9. The molecule has 0 saturated carbocycles. The number of amides is 1. The van der Waals surface area contributed by atoms with Gasteiger partial charge in [-0.05, 0) is 72.1 Å². The number of halogens is 1. The fourth-order valence-electron chi connectivity index (χ4n) is 8.08. The molecule has 0 N–H and O–H groups in total. The molecule has 2 saturated heterocycles. The number of hydrogen-bond acceptors (Lipinski definition) is 13. The van der Waals surface area contributed by atoms with Crippen molar-refractivity contribution in [1.82, 2.24) is 29.8 Å². The van der Waals surface area contributed by atoms with Crippen molar-refractivity contribution >= 4 is 35.0 Å². The lowest BCUT2D eigenvalue weighted by molar-refractivity contribution is 0.0746. The fourth-order valence-corrected chi connectivity index (χ4v) is 8.08. The summed E-state index contributed by atoms with van der Waals surface area (Å²) in [5.74, 6) is 2.62. The summed E-state index contributed by atoms with van der Waals surface area (Å²) in [6.07, 6.45) is 7.77. The molecule has 3 aromatic carbocycles. The van der Waals surface area contributed by atoms with Crippen LogP contribution >= 0.6 is 0 Å². The quantitative estimate of drug-likeness (QED) is 0.140. The minimum atomic E-state index is -0.484. The van der Waals surface area contributed by atoms with Crippen molar-refractivity contribution in [2.24, 2.45) is 0 Å². The number of carbonyl (C=O) groups excluding carboxylic acids is 1. The molecule has 0 atom stereocenters. The number of pyridine rings is 1. The topological polar surface area (TPSA) is 125 Å². The smallest absolute Gasteiger partial charge is 0.254 e. The van der Waals surface area contributed by atoms with Crippen LogP contribution in [0.1, 0.15) is 27.0 Å². The standard InChI is InChI=1S/C46H47FN10O4/c1-59-37-10-5-32(6-11-37)30-56(31-33-7-12-38(60-2)13-8-33)45-49-27-35(28-50-45)42-39-15-17-57(43(39)52-46(51-42)55-22-24-61-25-23-55)41-14-9-34(26-40(41)47)44(58)54-20-18-53(19-21-54)36-4-3-16-48-29-36/h3-14,16,26-29H,15,17-25,30-31H2,1-2H3. The predicted molar refractivity (Wildman–Crippen MR) is 231 cm³/mol. The van der Waals surface area contributed by atoms with Crippen LogP contribution < -0.4 is 29.1 Å². The van der Waals surface area contributed by atoms with Crippen LogP contribution in [0.3, 0.4) is 0 Å². The zero-order valence-corrected chi connectivity index (χ0v) is 34.3. The minimum Gasteiger partial charge on any atom is -0.497 e. The number of ether oxygens (including phenoxy) is 3. The Balaban J connectivity index is 0.988. The van der Waals surface area contributed by atoms with Gasteiger partial charge in [0.1, 0.15) is 23.1 Å². The van der Waals surface area contributed by atoms with Gasteiger partial charge in [-0.3, -0.25) is 9.78 Å². The Kier molecular flexibility index (Phi) is 11.5.